The van der Waals surface area contributed by atoms with Crippen molar-refractivity contribution in [1.82, 2.24) is 15.5 Å². The van der Waals surface area contributed by atoms with Crippen molar-refractivity contribution in [1.29, 1.82) is 0 Å². The van der Waals surface area contributed by atoms with Crippen LogP contribution in [0.3, 0.4) is 0 Å². The average molecular weight is 473 g/mol. The Kier molecular flexibility index (Phi) is 6.66. The highest BCUT2D eigenvalue weighted by atomic mass is 79.9. The first-order chi connectivity index (χ1) is 13.9. The van der Waals surface area contributed by atoms with Crippen LogP contribution < -0.4 is 15.4 Å². The molecule has 0 saturated heterocycles. The van der Waals surface area contributed by atoms with Gasteiger partial charge in [-0.15, -0.1) is 0 Å². The van der Waals surface area contributed by atoms with Crippen LogP contribution in [-0.2, 0) is 6.42 Å². The minimum absolute atomic E-state index is 0.233. The normalized spacial score (nSPS) is 10.5. The molecule has 1 amide bonds. The first kappa shape index (κ1) is 21.0. The summed E-state index contributed by atoms with van der Waals surface area (Å²) in [6.45, 7) is 4.02. The Morgan fingerprint density at radius 2 is 1.93 bits per heavy atom. The highest BCUT2D eigenvalue weighted by molar-refractivity contribution is 9.10. The van der Waals surface area contributed by atoms with E-state index in [0.717, 1.165) is 23.5 Å². The molecule has 0 bridgehead atoms. The molecule has 0 saturated carbocycles. The van der Waals surface area contributed by atoms with E-state index in [4.69, 9.17) is 17.0 Å². The molecule has 1 aromatic heterocycles. The van der Waals surface area contributed by atoms with Gasteiger partial charge in [0.2, 0.25) is 0 Å². The number of ether oxygens (including phenoxy) is 1. The summed E-state index contributed by atoms with van der Waals surface area (Å²) in [6, 6.07) is 13.0. The molecule has 0 radical (unpaired) electrons. The van der Waals surface area contributed by atoms with Gasteiger partial charge >= 0.3 is 0 Å². The Bertz CT molecular complexity index is 1030. The lowest BCUT2D eigenvalue weighted by Crippen LogP contribution is -2.34. The second-order valence-electron chi connectivity index (χ2n) is 6.54. The minimum atomic E-state index is -0.298. The number of amides is 1. The molecule has 0 aliphatic rings. The fourth-order valence-electron chi connectivity index (χ4n) is 2.89. The van der Waals surface area contributed by atoms with E-state index in [2.05, 4.69) is 36.8 Å². The lowest BCUT2D eigenvalue weighted by atomic mass is 10.0. The number of methoxy groups -OCH3 is 1. The molecule has 0 aliphatic heterocycles. The van der Waals surface area contributed by atoms with Gasteiger partial charge in [0, 0.05) is 28.9 Å². The van der Waals surface area contributed by atoms with E-state index in [1.165, 1.54) is 11.1 Å². The van der Waals surface area contributed by atoms with Crippen LogP contribution in [0.25, 0.3) is 0 Å². The summed E-state index contributed by atoms with van der Waals surface area (Å²) in [5.74, 6) is 0.358. The second kappa shape index (κ2) is 9.19. The Morgan fingerprint density at radius 1 is 1.21 bits per heavy atom. The number of hydrogen-bond acceptors (Lipinski definition) is 4. The summed E-state index contributed by atoms with van der Waals surface area (Å²) < 4.78 is 5.87. The monoisotopic (exact) mass is 472 g/mol. The molecule has 0 fully saturated rings. The Morgan fingerprint density at radius 3 is 2.52 bits per heavy atom. The molecule has 6 nitrogen and oxygen atoms in total. The number of nitrogens with zero attached hydrogens (tertiary/aromatic N) is 1. The number of carbonyl (C=O) groups excluding carboxylic acids is 1. The van der Waals surface area contributed by atoms with Crippen molar-refractivity contribution in [2.24, 2.45) is 0 Å². The van der Waals surface area contributed by atoms with Gasteiger partial charge in [-0.1, -0.05) is 12.1 Å². The Balaban J connectivity index is 1.59. The van der Waals surface area contributed by atoms with Crippen LogP contribution in [0.2, 0.25) is 0 Å². The largest absolute Gasteiger partial charge is 0.496 e. The third-order valence-electron chi connectivity index (χ3n) is 4.51. The summed E-state index contributed by atoms with van der Waals surface area (Å²) in [4.78, 5) is 12.4. The zero-order chi connectivity index (χ0) is 21.0. The first-order valence-electron chi connectivity index (χ1n) is 8.92. The maximum Gasteiger partial charge on any atom is 0.257 e. The summed E-state index contributed by atoms with van der Waals surface area (Å²) >= 11 is 8.64. The van der Waals surface area contributed by atoms with Gasteiger partial charge < -0.3 is 10.1 Å². The van der Waals surface area contributed by atoms with E-state index in [1.54, 1.807) is 25.3 Å². The molecule has 150 valence electrons. The number of aromatic nitrogens is 2. The number of thiocarbonyl (C=S) groups is 1. The molecule has 0 unspecified atom stereocenters. The van der Waals surface area contributed by atoms with E-state index < -0.39 is 0 Å². The highest BCUT2D eigenvalue weighted by Crippen LogP contribution is 2.25. The summed E-state index contributed by atoms with van der Waals surface area (Å²) in [6.07, 6.45) is 0.808. The smallest absolute Gasteiger partial charge is 0.257 e. The van der Waals surface area contributed by atoms with Gasteiger partial charge in [0.1, 0.15) is 5.75 Å². The zero-order valence-electron chi connectivity index (χ0n) is 16.3. The minimum Gasteiger partial charge on any atom is -0.496 e. The van der Waals surface area contributed by atoms with Crippen LogP contribution in [0.5, 0.6) is 5.75 Å². The molecule has 0 atom stereocenters. The molecule has 1 heterocycles. The second-order valence-corrected chi connectivity index (χ2v) is 7.81. The summed E-state index contributed by atoms with van der Waals surface area (Å²) in [5.41, 5.74) is 5.75. The number of aromatic amines is 1. The van der Waals surface area contributed by atoms with Gasteiger partial charge in [-0.25, -0.2) is 0 Å². The number of rotatable bonds is 5. The topological polar surface area (TPSA) is 79.0 Å². The molecule has 3 rings (SSSR count). The van der Waals surface area contributed by atoms with Crippen LogP contribution >= 0.6 is 28.1 Å². The van der Waals surface area contributed by atoms with Gasteiger partial charge in [0.05, 0.1) is 17.3 Å². The maximum absolute atomic E-state index is 12.4. The van der Waals surface area contributed by atoms with Gasteiger partial charge in [-0.2, -0.15) is 5.10 Å². The zero-order valence-corrected chi connectivity index (χ0v) is 18.7. The number of benzene rings is 2. The number of halogens is 1. The van der Waals surface area contributed by atoms with E-state index in [0.29, 0.717) is 15.8 Å². The van der Waals surface area contributed by atoms with Crippen molar-refractivity contribution >= 4 is 44.9 Å². The van der Waals surface area contributed by atoms with Crippen molar-refractivity contribution < 1.29 is 9.53 Å². The highest BCUT2D eigenvalue weighted by Gasteiger charge is 2.11. The van der Waals surface area contributed by atoms with E-state index in [1.807, 2.05) is 38.1 Å². The molecular weight excluding hydrogens is 452 g/mol. The standard InChI is InChI=1S/C21H21BrN4O2S/c1-12-17(13(2)26-25-12)10-14-4-7-16(8-5-14)23-21(29)24-20(27)15-6-9-19(28-3)18(22)11-15/h4-9,11H,10H2,1-3H3,(H,25,26)(H2,23,24,27,29). The number of hydrogen-bond donors (Lipinski definition) is 3. The van der Waals surface area contributed by atoms with Gasteiger partial charge in [-0.3, -0.25) is 15.2 Å². The van der Waals surface area contributed by atoms with Gasteiger partial charge in [0.15, 0.2) is 5.11 Å². The lowest BCUT2D eigenvalue weighted by molar-refractivity contribution is 0.0977. The predicted molar refractivity (Wildman–Crippen MR) is 122 cm³/mol. The Labute approximate surface area is 183 Å². The molecule has 29 heavy (non-hydrogen) atoms. The molecule has 8 heteroatoms. The van der Waals surface area contributed by atoms with Crippen molar-refractivity contribution in [3.8, 4) is 5.75 Å². The fourth-order valence-corrected chi connectivity index (χ4v) is 3.64. The van der Waals surface area contributed by atoms with Crippen molar-refractivity contribution in [2.75, 3.05) is 12.4 Å². The molecule has 3 aromatic rings. The third-order valence-corrected chi connectivity index (χ3v) is 5.34. The number of anilines is 1. The van der Waals surface area contributed by atoms with Crippen LogP contribution in [0, 0.1) is 13.8 Å². The quantitative estimate of drug-likeness (QED) is 0.475. The van der Waals surface area contributed by atoms with Crippen molar-refractivity contribution in [3.05, 3.63) is 75.0 Å². The maximum atomic E-state index is 12.4. The van der Waals surface area contributed by atoms with E-state index in [-0.39, 0.29) is 11.0 Å². The molecular formula is C21H21BrN4O2S. The SMILES string of the molecule is COc1ccc(C(=O)NC(=S)Nc2ccc(Cc3c(C)n[nH]c3C)cc2)cc1Br. The Hall–Kier alpha value is -2.71. The van der Waals surface area contributed by atoms with E-state index >= 15 is 0 Å². The lowest BCUT2D eigenvalue weighted by Gasteiger charge is -2.11. The summed E-state index contributed by atoms with van der Waals surface area (Å²) in [7, 11) is 1.57. The number of nitrogens with one attached hydrogen (secondary N) is 3. The van der Waals surface area contributed by atoms with Crippen LogP contribution in [0.4, 0.5) is 5.69 Å². The van der Waals surface area contributed by atoms with Crippen LogP contribution in [0.1, 0.15) is 32.9 Å². The predicted octanol–water partition coefficient (Wildman–Crippen LogP) is 4.52. The molecule has 2 aromatic carbocycles. The first-order valence-corrected chi connectivity index (χ1v) is 10.1. The fraction of sp³-hybridized carbons (Fsp3) is 0.190. The number of H-pyrrole nitrogens is 1. The summed E-state index contributed by atoms with van der Waals surface area (Å²) in [5, 5.41) is 13.2. The third kappa shape index (κ3) is 5.21. The van der Waals surface area contributed by atoms with Gasteiger partial charge in [0.25, 0.3) is 5.91 Å². The number of carbonyl (C=O) groups is 1. The van der Waals surface area contributed by atoms with Gasteiger partial charge in [-0.05, 0) is 77.9 Å². The number of aryl methyl sites for hydroxylation is 2. The molecule has 0 aliphatic carbocycles. The average Bonchev–Trinajstić information content (AvgIpc) is 3.01. The van der Waals surface area contributed by atoms with Crippen LogP contribution in [-0.4, -0.2) is 28.3 Å². The van der Waals surface area contributed by atoms with Crippen molar-refractivity contribution in [2.45, 2.75) is 20.3 Å². The van der Waals surface area contributed by atoms with E-state index in [9.17, 15) is 4.79 Å². The molecule has 3 N–H and O–H groups in total. The van der Waals surface area contributed by atoms with Crippen LogP contribution in [0.15, 0.2) is 46.9 Å². The molecule has 0 spiro atoms. The van der Waals surface area contributed by atoms with Crippen molar-refractivity contribution in [3.63, 3.8) is 0 Å².